The number of halogens is 2. The maximum absolute atomic E-state index is 3.24. The maximum atomic E-state index is 3.24. The van der Waals surface area contributed by atoms with E-state index in [0.29, 0.717) is 1.44 Å². The molecule has 0 aliphatic heterocycles. The summed E-state index contributed by atoms with van der Waals surface area (Å²) in [6, 6.07) is 0. The van der Waals surface area contributed by atoms with Crippen molar-refractivity contribution in [3.05, 3.63) is 0 Å². The van der Waals surface area contributed by atoms with Crippen LogP contribution in [0.25, 0.3) is 0 Å². The van der Waals surface area contributed by atoms with Crippen molar-refractivity contribution in [1.82, 2.24) is 0 Å². The van der Waals surface area contributed by atoms with Crippen molar-refractivity contribution < 1.29 is 0 Å². The molecular weight excluding hydrogens is 381 g/mol. The molecule has 0 aromatic rings. The van der Waals surface area contributed by atoms with Gasteiger partial charge in [0.05, 0.1) is 0 Å². The minimum atomic E-state index is 0.569. The standard InChI is InChI=1S/CHBr2.Bi/c2-1-3;/h1H;. The summed E-state index contributed by atoms with van der Waals surface area (Å²) in [5, 5.41) is 0. The molecule has 0 aromatic carbocycles. The van der Waals surface area contributed by atoms with Crippen molar-refractivity contribution in [1.29, 1.82) is 0 Å². The molecular formula is CHBiBr2. The second-order valence-electron chi connectivity index (χ2n) is 0.278. The van der Waals surface area contributed by atoms with E-state index in [0.717, 1.165) is 0 Å². The van der Waals surface area contributed by atoms with E-state index in [-0.39, 0.29) is 0 Å². The van der Waals surface area contributed by atoms with E-state index in [1.54, 1.807) is 0 Å². The van der Waals surface area contributed by atoms with Crippen molar-refractivity contribution in [2.75, 3.05) is 0 Å². The molecule has 0 unspecified atom stereocenters. The molecule has 3 heteroatoms. The molecule has 0 N–H and O–H groups in total. The normalized spacial score (nSPS) is 9.00. The van der Waals surface area contributed by atoms with Crippen LogP contribution in [0.4, 0.5) is 0 Å². The topological polar surface area (TPSA) is 0 Å². The summed E-state index contributed by atoms with van der Waals surface area (Å²) in [7, 11) is 0. The number of hydrogen-bond acceptors (Lipinski definition) is 0. The van der Waals surface area contributed by atoms with E-state index in [1.807, 2.05) is 0 Å². The molecule has 0 saturated heterocycles. The quantitative estimate of drug-likeness (QED) is 0.437. The molecule has 0 amide bonds. The van der Waals surface area contributed by atoms with Gasteiger partial charge in [-0.2, -0.15) is 0 Å². The molecule has 4 heavy (non-hydrogen) atoms. The van der Waals surface area contributed by atoms with Crippen LogP contribution in [-0.4, -0.2) is 26.2 Å². The molecule has 0 spiro atoms. The molecule has 0 atom stereocenters. The first-order valence-corrected chi connectivity index (χ1v) is 4.53. The van der Waals surface area contributed by atoms with E-state index < -0.39 is 0 Å². The molecule has 0 aromatic heterocycles. The minimum absolute atomic E-state index is 0.569. The molecule has 0 fully saturated rings. The second-order valence-corrected chi connectivity index (χ2v) is 11.1. The van der Waals surface area contributed by atoms with E-state index in [1.165, 1.54) is 24.7 Å². The van der Waals surface area contributed by atoms with Gasteiger partial charge in [0, 0.05) is 0 Å². The molecule has 24 valence electrons. The summed E-state index contributed by atoms with van der Waals surface area (Å²) < 4.78 is 0.569. The van der Waals surface area contributed by atoms with Crippen LogP contribution in [0.15, 0.2) is 0 Å². The Balaban J connectivity index is 2.32. The van der Waals surface area contributed by atoms with Gasteiger partial charge in [-0.1, -0.05) is 0 Å². The van der Waals surface area contributed by atoms with Crippen molar-refractivity contribution in [2.24, 2.45) is 0 Å². The summed E-state index contributed by atoms with van der Waals surface area (Å²) in [6.45, 7) is 0. The Morgan fingerprint density at radius 2 is 1.50 bits per heavy atom. The first kappa shape index (κ1) is 5.84. The summed E-state index contributed by atoms with van der Waals surface area (Å²) >= 11 is 7.82. The van der Waals surface area contributed by atoms with E-state index in [9.17, 15) is 0 Å². The van der Waals surface area contributed by atoms with Crippen LogP contribution in [-0.2, 0) is 0 Å². The summed E-state index contributed by atoms with van der Waals surface area (Å²) in [6.07, 6.45) is 0. The Morgan fingerprint density at radius 3 is 1.50 bits per heavy atom. The fourth-order valence-electron chi connectivity index (χ4n) is 0. The van der Waals surface area contributed by atoms with Gasteiger partial charge in [0.25, 0.3) is 0 Å². The Bertz CT molecular complexity index is 10.8. The van der Waals surface area contributed by atoms with Crippen molar-refractivity contribution >= 4 is 56.6 Å². The van der Waals surface area contributed by atoms with Gasteiger partial charge in [-0.15, -0.1) is 0 Å². The van der Waals surface area contributed by atoms with Crippen molar-refractivity contribution in [3.8, 4) is 0 Å². The fourth-order valence-corrected chi connectivity index (χ4v) is 0. The molecule has 0 rings (SSSR count). The van der Waals surface area contributed by atoms with Crippen LogP contribution in [0.2, 0.25) is 0 Å². The number of hydrogen-bond donors (Lipinski definition) is 0. The van der Waals surface area contributed by atoms with Crippen LogP contribution in [0, 0.1) is 0 Å². The van der Waals surface area contributed by atoms with Gasteiger partial charge < -0.3 is 0 Å². The van der Waals surface area contributed by atoms with Gasteiger partial charge in [-0.3, -0.25) is 0 Å². The van der Waals surface area contributed by atoms with Crippen LogP contribution < -0.4 is 0 Å². The van der Waals surface area contributed by atoms with Gasteiger partial charge in [0.2, 0.25) is 0 Å². The molecule has 2 radical (unpaired) electrons. The zero-order valence-corrected chi connectivity index (χ0v) is 8.43. The fraction of sp³-hybridized carbons (Fsp3) is 1.00. The van der Waals surface area contributed by atoms with E-state index in [4.69, 9.17) is 0 Å². The first-order valence-electron chi connectivity index (χ1n) is 0.695. The van der Waals surface area contributed by atoms with Crippen LogP contribution in [0.5, 0.6) is 0 Å². The molecule has 0 nitrogen and oxygen atoms in total. The molecule has 0 bridgehead atoms. The van der Waals surface area contributed by atoms with Crippen LogP contribution >= 0.6 is 31.9 Å². The summed E-state index contributed by atoms with van der Waals surface area (Å²) in [5.41, 5.74) is 0. The Morgan fingerprint density at radius 1 is 1.50 bits per heavy atom. The van der Waals surface area contributed by atoms with Gasteiger partial charge in [-0.05, 0) is 0 Å². The second kappa shape index (κ2) is 3.05. The Kier molecular flexibility index (Phi) is 4.45. The van der Waals surface area contributed by atoms with Gasteiger partial charge in [-0.25, -0.2) is 0 Å². The molecule has 0 heterocycles. The van der Waals surface area contributed by atoms with Crippen LogP contribution in [0.1, 0.15) is 0 Å². The SMILES string of the molecule is Br[CH](Br)[Bi]. The van der Waals surface area contributed by atoms with E-state index >= 15 is 0 Å². The third kappa shape index (κ3) is 9.14. The van der Waals surface area contributed by atoms with Gasteiger partial charge >= 0.3 is 58.0 Å². The van der Waals surface area contributed by atoms with Gasteiger partial charge in [0.15, 0.2) is 0 Å². The summed E-state index contributed by atoms with van der Waals surface area (Å²) in [4.78, 5) is 0. The summed E-state index contributed by atoms with van der Waals surface area (Å²) in [5.74, 6) is 0. The monoisotopic (exact) mass is 380 g/mol. The first-order chi connectivity index (χ1) is 1.73. The molecule has 0 aliphatic carbocycles. The predicted molar refractivity (Wildman–Crippen MR) is 27.4 cm³/mol. The molecule has 0 aliphatic rings. The predicted octanol–water partition coefficient (Wildman–Crippen LogP) is 1.23. The van der Waals surface area contributed by atoms with Crippen molar-refractivity contribution in [3.63, 3.8) is 0 Å². The zero-order chi connectivity index (χ0) is 3.58. The third-order valence-corrected chi connectivity index (χ3v) is 0. The average molecular weight is 382 g/mol. The Labute approximate surface area is 57.4 Å². The van der Waals surface area contributed by atoms with Crippen molar-refractivity contribution in [2.45, 2.75) is 1.44 Å². The average Bonchev–Trinajstić information content (AvgIpc) is 0.811. The van der Waals surface area contributed by atoms with Crippen LogP contribution in [0.3, 0.4) is 0 Å². The third-order valence-electron chi connectivity index (χ3n) is 0. The molecule has 0 saturated carbocycles. The van der Waals surface area contributed by atoms with E-state index in [2.05, 4.69) is 31.9 Å². The number of alkyl halides is 2. The Hall–Kier alpha value is 1.84. The number of rotatable bonds is 0. The van der Waals surface area contributed by atoms with Gasteiger partial charge in [0.1, 0.15) is 0 Å². The zero-order valence-electron chi connectivity index (χ0n) is 1.78.